The monoisotopic (exact) mass is 275 g/mol. The second-order valence-electron chi connectivity index (χ2n) is 4.23. The molecule has 0 aliphatic carbocycles. The van der Waals surface area contributed by atoms with Crippen LogP contribution in [-0.4, -0.2) is 0 Å². The summed E-state index contributed by atoms with van der Waals surface area (Å²) < 4.78 is 19.2. The first kappa shape index (κ1) is 12.2. The van der Waals surface area contributed by atoms with Crippen molar-refractivity contribution in [2.75, 3.05) is 0 Å². The van der Waals surface area contributed by atoms with Crippen molar-refractivity contribution in [2.24, 2.45) is 5.73 Å². The fourth-order valence-electron chi connectivity index (χ4n) is 2.24. The van der Waals surface area contributed by atoms with E-state index >= 15 is 0 Å². The van der Waals surface area contributed by atoms with Gasteiger partial charge in [0.1, 0.15) is 11.6 Å². The molecule has 19 heavy (non-hydrogen) atoms. The summed E-state index contributed by atoms with van der Waals surface area (Å²) in [4.78, 5) is 0. The van der Waals surface area contributed by atoms with E-state index in [4.69, 9.17) is 21.8 Å². The summed E-state index contributed by atoms with van der Waals surface area (Å²) >= 11 is 6.02. The van der Waals surface area contributed by atoms with E-state index in [1.165, 1.54) is 12.1 Å². The van der Waals surface area contributed by atoms with Crippen LogP contribution in [0.25, 0.3) is 22.1 Å². The number of halogens is 2. The third-order valence-electron chi connectivity index (χ3n) is 3.03. The van der Waals surface area contributed by atoms with E-state index in [1.807, 2.05) is 30.3 Å². The Labute approximate surface area is 114 Å². The standard InChI is InChI=1S/C15H11ClFNO/c16-12-7-10(17)6-11-14(9-4-2-1-3-5-9)13(8-18)19-15(11)12/h1-7H,8,18H2. The van der Waals surface area contributed by atoms with Crippen molar-refractivity contribution in [3.8, 4) is 11.1 Å². The van der Waals surface area contributed by atoms with Crippen molar-refractivity contribution < 1.29 is 8.81 Å². The first-order valence-corrected chi connectivity index (χ1v) is 6.24. The van der Waals surface area contributed by atoms with Gasteiger partial charge < -0.3 is 10.2 Å². The number of hydrogen-bond donors (Lipinski definition) is 1. The molecule has 0 atom stereocenters. The number of furan rings is 1. The third kappa shape index (κ3) is 2.01. The molecule has 2 nitrogen and oxygen atoms in total. The molecule has 3 aromatic rings. The number of nitrogens with two attached hydrogens (primary N) is 1. The van der Waals surface area contributed by atoms with E-state index in [2.05, 4.69) is 0 Å². The van der Waals surface area contributed by atoms with E-state index in [9.17, 15) is 4.39 Å². The fraction of sp³-hybridized carbons (Fsp3) is 0.0667. The van der Waals surface area contributed by atoms with Gasteiger partial charge in [-0.15, -0.1) is 0 Å². The van der Waals surface area contributed by atoms with Crippen molar-refractivity contribution in [2.45, 2.75) is 6.54 Å². The van der Waals surface area contributed by atoms with Gasteiger partial charge in [-0.05, 0) is 17.7 Å². The molecule has 96 valence electrons. The minimum Gasteiger partial charge on any atom is -0.457 e. The lowest BCUT2D eigenvalue weighted by molar-refractivity contribution is 0.553. The highest BCUT2D eigenvalue weighted by Crippen LogP contribution is 2.38. The molecule has 0 amide bonds. The summed E-state index contributed by atoms with van der Waals surface area (Å²) in [6.45, 7) is 0.233. The minimum atomic E-state index is -0.390. The quantitative estimate of drug-likeness (QED) is 0.755. The average molecular weight is 276 g/mol. The predicted octanol–water partition coefficient (Wildman–Crippen LogP) is 4.35. The van der Waals surface area contributed by atoms with Crippen molar-refractivity contribution >= 4 is 22.6 Å². The molecule has 2 N–H and O–H groups in total. The first-order chi connectivity index (χ1) is 9.20. The molecular formula is C15H11ClFNO. The Hall–Kier alpha value is -1.84. The highest BCUT2D eigenvalue weighted by atomic mass is 35.5. The summed E-state index contributed by atoms with van der Waals surface area (Å²) in [7, 11) is 0. The highest BCUT2D eigenvalue weighted by molar-refractivity contribution is 6.35. The molecule has 0 spiro atoms. The maximum atomic E-state index is 13.5. The van der Waals surface area contributed by atoms with E-state index in [-0.39, 0.29) is 17.4 Å². The number of benzene rings is 2. The summed E-state index contributed by atoms with van der Waals surface area (Å²) in [5.74, 6) is 0.216. The molecule has 0 aliphatic heterocycles. The molecule has 0 saturated heterocycles. The average Bonchev–Trinajstić information content (AvgIpc) is 2.78. The molecule has 1 aromatic heterocycles. The summed E-state index contributed by atoms with van der Waals surface area (Å²) in [6, 6.07) is 12.3. The zero-order valence-electron chi connectivity index (χ0n) is 9.99. The fourth-order valence-corrected chi connectivity index (χ4v) is 2.48. The SMILES string of the molecule is NCc1oc2c(Cl)cc(F)cc2c1-c1ccccc1. The number of rotatable bonds is 2. The van der Waals surface area contributed by atoms with Gasteiger partial charge in [0.15, 0.2) is 5.58 Å². The molecule has 0 unspecified atom stereocenters. The van der Waals surface area contributed by atoms with Gasteiger partial charge in [-0.25, -0.2) is 4.39 Å². The lowest BCUT2D eigenvalue weighted by atomic mass is 10.0. The first-order valence-electron chi connectivity index (χ1n) is 5.86. The van der Waals surface area contributed by atoms with Crippen molar-refractivity contribution in [3.05, 3.63) is 59.1 Å². The van der Waals surface area contributed by atoms with Gasteiger partial charge in [-0.3, -0.25) is 0 Å². The second kappa shape index (κ2) is 4.68. The lowest BCUT2D eigenvalue weighted by Gasteiger charge is -2.01. The Bertz CT molecular complexity index is 737. The molecule has 1 heterocycles. The Morgan fingerprint density at radius 1 is 1.16 bits per heavy atom. The summed E-state index contributed by atoms with van der Waals surface area (Å²) in [6.07, 6.45) is 0. The van der Waals surface area contributed by atoms with Crippen molar-refractivity contribution in [3.63, 3.8) is 0 Å². The van der Waals surface area contributed by atoms with Crippen LogP contribution in [0.2, 0.25) is 5.02 Å². The van der Waals surface area contributed by atoms with Crippen LogP contribution >= 0.6 is 11.6 Å². The van der Waals surface area contributed by atoms with Crippen LogP contribution < -0.4 is 5.73 Å². The zero-order chi connectivity index (χ0) is 13.4. The molecular weight excluding hydrogens is 265 g/mol. The topological polar surface area (TPSA) is 39.2 Å². The normalized spacial score (nSPS) is 11.1. The molecule has 0 saturated carbocycles. The highest BCUT2D eigenvalue weighted by Gasteiger charge is 2.17. The third-order valence-corrected chi connectivity index (χ3v) is 3.31. The predicted molar refractivity (Wildman–Crippen MR) is 74.5 cm³/mol. The van der Waals surface area contributed by atoms with Crippen LogP contribution in [0.15, 0.2) is 46.9 Å². The summed E-state index contributed by atoms with van der Waals surface area (Å²) in [5, 5.41) is 0.906. The molecule has 0 aliphatic rings. The van der Waals surface area contributed by atoms with Gasteiger partial charge in [0.25, 0.3) is 0 Å². The van der Waals surface area contributed by atoms with Crippen LogP contribution in [0.4, 0.5) is 4.39 Å². The van der Waals surface area contributed by atoms with E-state index in [0.717, 1.165) is 11.1 Å². The molecule has 3 rings (SSSR count). The van der Waals surface area contributed by atoms with Crippen LogP contribution in [-0.2, 0) is 6.54 Å². The van der Waals surface area contributed by atoms with E-state index in [1.54, 1.807) is 0 Å². The molecule has 0 bridgehead atoms. The largest absolute Gasteiger partial charge is 0.457 e. The van der Waals surface area contributed by atoms with Crippen LogP contribution in [0.1, 0.15) is 5.76 Å². The summed E-state index contributed by atoms with van der Waals surface area (Å²) in [5.41, 5.74) is 7.92. The smallest absolute Gasteiger partial charge is 0.153 e. The Morgan fingerprint density at radius 3 is 2.58 bits per heavy atom. The van der Waals surface area contributed by atoms with Gasteiger partial charge in [-0.1, -0.05) is 41.9 Å². The van der Waals surface area contributed by atoms with Gasteiger partial charge in [-0.2, -0.15) is 0 Å². The number of fused-ring (bicyclic) bond motifs is 1. The Morgan fingerprint density at radius 2 is 1.89 bits per heavy atom. The van der Waals surface area contributed by atoms with Crippen molar-refractivity contribution in [1.82, 2.24) is 0 Å². The molecule has 0 radical (unpaired) electrons. The molecule has 0 fully saturated rings. The maximum Gasteiger partial charge on any atom is 0.153 e. The van der Waals surface area contributed by atoms with Gasteiger partial charge in [0.2, 0.25) is 0 Å². The zero-order valence-corrected chi connectivity index (χ0v) is 10.7. The van der Waals surface area contributed by atoms with Crippen LogP contribution in [0.5, 0.6) is 0 Å². The van der Waals surface area contributed by atoms with Crippen LogP contribution in [0.3, 0.4) is 0 Å². The van der Waals surface area contributed by atoms with Gasteiger partial charge in [0.05, 0.1) is 11.6 Å². The van der Waals surface area contributed by atoms with Gasteiger partial charge >= 0.3 is 0 Å². The van der Waals surface area contributed by atoms with Gasteiger partial charge in [0, 0.05) is 10.9 Å². The maximum absolute atomic E-state index is 13.5. The van der Waals surface area contributed by atoms with Crippen molar-refractivity contribution in [1.29, 1.82) is 0 Å². The van der Waals surface area contributed by atoms with Crippen LogP contribution in [0, 0.1) is 5.82 Å². The number of hydrogen-bond acceptors (Lipinski definition) is 2. The Balaban J connectivity index is 2.39. The second-order valence-corrected chi connectivity index (χ2v) is 4.64. The molecule has 4 heteroatoms. The van der Waals surface area contributed by atoms with E-state index in [0.29, 0.717) is 16.7 Å². The lowest BCUT2D eigenvalue weighted by Crippen LogP contribution is -1.95. The van der Waals surface area contributed by atoms with E-state index < -0.39 is 0 Å². The molecule has 2 aromatic carbocycles. The minimum absolute atomic E-state index is 0.233. The Kier molecular flexibility index (Phi) is 3.01.